The molecule has 2 aliphatic heterocycles. The van der Waals surface area contributed by atoms with Crippen molar-refractivity contribution in [1.82, 2.24) is 9.80 Å². The van der Waals surface area contributed by atoms with E-state index in [2.05, 4.69) is 34.1 Å². The number of nitrogens with zero attached hydrogens (tertiary/aromatic N) is 3. The Morgan fingerprint density at radius 3 is 2.45 bits per heavy atom. The summed E-state index contributed by atoms with van der Waals surface area (Å²) >= 11 is 0. The minimum Gasteiger partial charge on any atom is -0.297 e. The highest BCUT2D eigenvalue weighted by atomic mass is 19.1. The third-order valence-electron chi connectivity index (χ3n) is 5.51. The fourth-order valence-corrected chi connectivity index (χ4v) is 3.95. The standard InChI is InChI=1S/C23H24FN3O2/c24-19-9-4-10-20(16-19)27-22(28)17-21(23(27)29)26-14-12-25(13-15-26)11-5-8-18-6-2-1-3-7-18/h1-10,16,21H,11-15,17H2/b8-5+. The van der Waals surface area contributed by atoms with E-state index in [9.17, 15) is 14.0 Å². The highest BCUT2D eigenvalue weighted by Gasteiger charge is 2.43. The predicted molar refractivity (Wildman–Crippen MR) is 111 cm³/mol. The van der Waals surface area contributed by atoms with Crippen LogP contribution in [0.1, 0.15) is 12.0 Å². The van der Waals surface area contributed by atoms with Gasteiger partial charge in [-0.25, -0.2) is 9.29 Å². The molecule has 2 heterocycles. The lowest BCUT2D eigenvalue weighted by molar-refractivity contribution is -0.123. The van der Waals surface area contributed by atoms with Gasteiger partial charge in [0, 0.05) is 32.7 Å². The maximum atomic E-state index is 13.5. The molecule has 1 unspecified atom stereocenters. The Morgan fingerprint density at radius 1 is 0.966 bits per heavy atom. The lowest BCUT2D eigenvalue weighted by Gasteiger charge is -2.36. The van der Waals surface area contributed by atoms with Crippen LogP contribution in [-0.4, -0.2) is 60.4 Å². The molecule has 0 aromatic heterocycles. The van der Waals surface area contributed by atoms with Gasteiger partial charge in [0.05, 0.1) is 18.2 Å². The largest absolute Gasteiger partial charge is 0.297 e. The number of halogens is 1. The first kappa shape index (κ1) is 19.5. The van der Waals surface area contributed by atoms with Gasteiger partial charge >= 0.3 is 0 Å². The van der Waals surface area contributed by atoms with Crippen LogP contribution in [0.2, 0.25) is 0 Å². The third kappa shape index (κ3) is 4.44. The second kappa shape index (κ2) is 8.68. The Balaban J connectivity index is 1.32. The minimum absolute atomic E-state index is 0.156. The van der Waals surface area contributed by atoms with Crippen molar-refractivity contribution in [2.75, 3.05) is 37.6 Å². The van der Waals surface area contributed by atoms with Gasteiger partial charge in [0.2, 0.25) is 5.91 Å². The number of carbonyl (C=O) groups excluding carboxylic acids is 2. The predicted octanol–water partition coefficient (Wildman–Crippen LogP) is 2.79. The Labute approximate surface area is 170 Å². The molecule has 6 heteroatoms. The quantitative estimate of drug-likeness (QED) is 0.733. The number of rotatable bonds is 5. The van der Waals surface area contributed by atoms with Crippen molar-refractivity contribution in [2.24, 2.45) is 0 Å². The molecule has 2 aromatic carbocycles. The zero-order chi connectivity index (χ0) is 20.2. The first-order chi connectivity index (χ1) is 14.1. The molecule has 2 aliphatic rings. The normalized spacial score (nSPS) is 21.4. The summed E-state index contributed by atoms with van der Waals surface area (Å²) in [5, 5.41) is 0. The van der Waals surface area contributed by atoms with Gasteiger partial charge < -0.3 is 0 Å². The topological polar surface area (TPSA) is 43.9 Å². The van der Waals surface area contributed by atoms with Gasteiger partial charge in [-0.15, -0.1) is 0 Å². The van der Waals surface area contributed by atoms with Gasteiger partial charge in [0.15, 0.2) is 0 Å². The van der Waals surface area contributed by atoms with Gasteiger partial charge in [0.1, 0.15) is 5.82 Å². The summed E-state index contributed by atoms with van der Waals surface area (Å²) in [5.74, 6) is -0.972. The van der Waals surface area contributed by atoms with Crippen LogP contribution in [0.4, 0.5) is 10.1 Å². The monoisotopic (exact) mass is 393 g/mol. The maximum absolute atomic E-state index is 13.5. The van der Waals surface area contributed by atoms with E-state index in [1.807, 2.05) is 18.2 Å². The number of imide groups is 1. The molecule has 2 amide bonds. The molecule has 150 valence electrons. The molecule has 0 aliphatic carbocycles. The SMILES string of the molecule is O=C1CC(N2CCN(C/C=C/c3ccccc3)CC2)C(=O)N1c1cccc(F)c1. The number of anilines is 1. The van der Waals surface area contributed by atoms with Crippen LogP contribution in [0.25, 0.3) is 6.08 Å². The van der Waals surface area contributed by atoms with Gasteiger partial charge in [-0.05, 0) is 23.8 Å². The number of hydrogen-bond donors (Lipinski definition) is 0. The maximum Gasteiger partial charge on any atom is 0.251 e. The van der Waals surface area contributed by atoms with E-state index < -0.39 is 11.9 Å². The zero-order valence-electron chi connectivity index (χ0n) is 16.2. The fourth-order valence-electron chi connectivity index (χ4n) is 3.95. The lowest BCUT2D eigenvalue weighted by atomic mass is 10.1. The molecule has 0 bridgehead atoms. The Morgan fingerprint density at radius 2 is 1.72 bits per heavy atom. The molecule has 0 N–H and O–H groups in total. The van der Waals surface area contributed by atoms with E-state index in [1.54, 1.807) is 6.07 Å². The summed E-state index contributed by atoms with van der Waals surface area (Å²) in [5.41, 5.74) is 1.49. The third-order valence-corrected chi connectivity index (χ3v) is 5.51. The highest BCUT2D eigenvalue weighted by Crippen LogP contribution is 2.26. The molecular formula is C23H24FN3O2. The smallest absolute Gasteiger partial charge is 0.251 e. The molecule has 29 heavy (non-hydrogen) atoms. The number of hydrogen-bond acceptors (Lipinski definition) is 4. The van der Waals surface area contributed by atoms with E-state index in [4.69, 9.17) is 0 Å². The van der Waals surface area contributed by atoms with Crippen molar-refractivity contribution in [1.29, 1.82) is 0 Å². The van der Waals surface area contributed by atoms with E-state index >= 15 is 0 Å². The summed E-state index contributed by atoms with van der Waals surface area (Å²) < 4.78 is 13.5. The first-order valence-corrected chi connectivity index (χ1v) is 9.92. The Kier molecular flexibility index (Phi) is 5.83. The average molecular weight is 393 g/mol. The molecule has 4 rings (SSSR count). The van der Waals surface area contributed by atoms with E-state index in [0.717, 1.165) is 37.6 Å². The Bertz CT molecular complexity index is 907. The van der Waals surface area contributed by atoms with Gasteiger partial charge in [-0.3, -0.25) is 19.4 Å². The van der Waals surface area contributed by atoms with E-state index in [0.29, 0.717) is 5.69 Å². The summed E-state index contributed by atoms with van der Waals surface area (Å²) in [6, 6.07) is 15.4. The van der Waals surface area contributed by atoms with Crippen molar-refractivity contribution in [3.05, 3.63) is 72.1 Å². The van der Waals surface area contributed by atoms with Gasteiger partial charge in [0.25, 0.3) is 5.91 Å². The number of carbonyl (C=O) groups is 2. The molecule has 0 saturated carbocycles. The lowest BCUT2D eigenvalue weighted by Crippen LogP contribution is -2.52. The van der Waals surface area contributed by atoms with Crippen LogP contribution in [0.15, 0.2) is 60.7 Å². The average Bonchev–Trinajstić information content (AvgIpc) is 3.03. The van der Waals surface area contributed by atoms with Crippen LogP contribution in [-0.2, 0) is 9.59 Å². The number of piperazine rings is 1. The van der Waals surface area contributed by atoms with Crippen LogP contribution >= 0.6 is 0 Å². The van der Waals surface area contributed by atoms with Crippen molar-refractivity contribution < 1.29 is 14.0 Å². The van der Waals surface area contributed by atoms with Crippen LogP contribution in [0.5, 0.6) is 0 Å². The molecular weight excluding hydrogens is 369 g/mol. The second-order valence-corrected chi connectivity index (χ2v) is 7.42. The zero-order valence-corrected chi connectivity index (χ0v) is 16.2. The van der Waals surface area contributed by atoms with E-state index in [-0.39, 0.29) is 18.2 Å². The summed E-state index contributed by atoms with van der Waals surface area (Å²) in [6.07, 6.45) is 4.42. The van der Waals surface area contributed by atoms with Gasteiger partial charge in [-0.1, -0.05) is 48.6 Å². The van der Waals surface area contributed by atoms with Crippen LogP contribution < -0.4 is 4.90 Å². The number of amides is 2. The summed E-state index contributed by atoms with van der Waals surface area (Å²) in [6.45, 7) is 4.02. The Hall–Kier alpha value is -2.83. The van der Waals surface area contributed by atoms with Crippen molar-refractivity contribution in [3.8, 4) is 0 Å². The molecule has 2 saturated heterocycles. The summed E-state index contributed by atoms with van der Waals surface area (Å²) in [4.78, 5) is 30.8. The molecule has 2 fully saturated rings. The van der Waals surface area contributed by atoms with Crippen LogP contribution in [0, 0.1) is 5.82 Å². The van der Waals surface area contributed by atoms with Crippen molar-refractivity contribution >= 4 is 23.6 Å². The first-order valence-electron chi connectivity index (χ1n) is 9.92. The molecule has 0 radical (unpaired) electrons. The number of benzene rings is 2. The molecule has 2 aromatic rings. The van der Waals surface area contributed by atoms with Gasteiger partial charge in [-0.2, -0.15) is 0 Å². The van der Waals surface area contributed by atoms with E-state index in [1.165, 1.54) is 23.8 Å². The molecule has 0 spiro atoms. The second-order valence-electron chi connectivity index (χ2n) is 7.42. The minimum atomic E-state index is -0.455. The van der Waals surface area contributed by atoms with Crippen molar-refractivity contribution in [2.45, 2.75) is 12.5 Å². The van der Waals surface area contributed by atoms with Crippen molar-refractivity contribution in [3.63, 3.8) is 0 Å². The fraction of sp³-hybridized carbons (Fsp3) is 0.304. The highest BCUT2D eigenvalue weighted by molar-refractivity contribution is 6.22. The van der Waals surface area contributed by atoms with Crippen LogP contribution in [0.3, 0.4) is 0 Å². The molecule has 5 nitrogen and oxygen atoms in total. The summed E-state index contributed by atoms with van der Waals surface area (Å²) in [7, 11) is 0. The molecule has 1 atom stereocenters.